The van der Waals surface area contributed by atoms with Crippen LogP contribution in [-0.4, -0.2) is 54.1 Å². The third kappa shape index (κ3) is 7.57. The van der Waals surface area contributed by atoms with E-state index in [1.54, 1.807) is 20.8 Å². The number of carboxylic acids is 1. The van der Waals surface area contributed by atoms with Gasteiger partial charge in [0.25, 0.3) is 0 Å². The molecule has 3 N–H and O–H groups in total. The molecule has 20 heavy (non-hydrogen) atoms. The van der Waals surface area contributed by atoms with E-state index in [-0.39, 0.29) is 31.0 Å². The van der Waals surface area contributed by atoms with Crippen LogP contribution < -0.4 is 5.32 Å². The van der Waals surface area contributed by atoms with Crippen molar-refractivity contribution < 1.29 is 34.1 Å². The highest BCUT2D eigenvalue weighted by molar-refractivity contribution is 5.79. The molecule has 0 aliphatic rings. The number of carbonyl (C=O) groups is 3. The number of nitrogens with one attached hydrogen (secondary N) is 1. The van der Waals surface area contributed by atoms with Gasteiger partial charge in [0, 0.05) is 5.92 Å². The number of hydrogen-bond donors (Lipinski definition) is 3. The highest BCUT2D eigenvalue weighted by atomic mass is 16.6. The van der Waals surface area contributed by atoms with Crippen LogP contribution in [0.15, 0.2) is 0 Å². The van der Waals surface area contributed by atoms with Crippen LogP contribution in [-0.2, 0) is 19.1 Å². The number of carboxylic acid groups (broad SMARTS) is 1. The summed E-state index contributed by atoms with van der Waals surface area (Å²) in [6.45, 7) is 4.46. The Bertz CT molecular complexity index is 343. The Morgan fingerprint density at radius 1 is 1.10 bits per heavy atom. The molecule has 0 aromatic rings. The molecule has 0 saturated carbocycles. The number of carbonyl (C=O) groups excluding carboxylic acids is 2. The van der Waals surface area contributed by atoms with E-state index in [1.165, 1.54) is 0 Å². The topological polar surface area (TPSA) is 122 Å². The number of amides is 1. The Hall–Kier alpha value is -1.83. The molecule has 2 atom stereocenters. The molecular weight excluding hydrogens is 270 g/mol. The number of esters is 1. The fourth-order valence-corrected chi connectivity index (χ4v) is 1.03. The van der Waals surface area contributed by atoms with Crippen LogP contribution in [0.5, 0.6) is 0 Å². The number of hydrogen-bond acceptors (Lipinski definition) is 6. The van der Waals surface area contributed by atoms with E-state index in [1.807, 2.05) is 5.32 Å². The molecule has 0 rings (SSSR count). The third-order valence-electron chi connectivity index (χ3n) is 2.25. The van der Waals surface area contributed by atoms with Gasteiger partial charge in [-0.1, -0.05) is 20.8 Å². The molecule has 0 bridgehead atoms. The summed E-state index contributed by atoms with van der Waals surface area (Å²) < 4.78 is 9.72. The van der Waals surface area contributed by atoms with Gasteiger partial charge in [-0.3, -0.25) is 4.79 Å². The van der Waals surface area contributed by atoms with Gasteiger partial charge in [0.2, 0.25) is 0 Å². The maximum Gasteiger partial charge on any atom is 0.407 e. The SMILES string of the molecule is CC(COC(=O)N[C@H](CO)C(=O)O)COC(=O)C(C)C. The summed E-state index contributed by atoms with van der Waals surface area (Å²) in [5, 5.41) is 19.3. The summed E-state index contributed by atoms with van der Waals surface area (Å²) in [5.41, 5.74) is 0. The second kappa shape index (κ2) is 9.13. The minimum atomic E-state index is -1.41. The molecule has 0 spiro atoms. The Balaban J connectivity index is 3.94. The predicted octanol–water partition coefficient (Wildman–Crippen LogP) is -0.00660. The molecule has 0 radical (unpaired) electrons. The van der Waals surface area contributed by atoms with Gasteiger partial charge >= 0.3 is 18.0 Å². The van der Waals surface area contributed by atoms with Crippen LogP contribution in [0, 0.1) is 11.8 Å². The van der Waals surface area contributed by atoms with Gasteiger partial charge in [0.05, 0.1) is 25.7 Å². The lowest BCUT2D eigenvalue weighted by Crippen LogP contribution is -2.43. The molecular formula is C12H21NO7. The number of aliphatic carboxylic acids is 1. The zero-order chi connectivity index (χ0) is 15.7. The molecule has 0 fully saturated rings. The summed E-state index contributed by atoms with van der Waals surface area (Å²) in [4.78, 5) is 33.0. The molecule has 0 heterocycles. The second-order valence-corrected chi connectivity index (χ2v) is 4.71. The minimum Gasteiger partial charge on any atom is -0.480 e. The van der Waals surface area contributed by atoms with Crippen molar-refractivity contribution in [3.05, 3.63) is 0 Å². The fraction of sp³-hybridized carbons (Fsp3) is 0.750. The van der Waals surface area contributed by atoms with Gasteiger partial charge in [-0.25, -0.2) is 9.59 Å². The van der Waals surface area contributed by atoms with Crippen molar-refractivity contribution in [1.82, 2.24) is 5.32 Å². The average molecular weight is 291 g/mol. The monoisotopic (exact) mass is 291 g/mol. The normalized spacial score (nSPS) is 13.4. The zero-order valence-electron chi connectivity index (χ0n) is 11.8. The van der Waals surface area contributed by atoms with E-state index in [4.69, 9.17) is 19.7 Å². The quantitative estimate of drug-likeness (QED) is 0.538. The van der Waals surface area contributed by atoms with Crippen LogP contribution in [0.1, 0.15) is 20.8 Å². The average Bonchev–Trinajstić information content (AvgIpc) is 2.38. The standard InChI is InChI=1S/C12H21NO7/c1-7(2)11(17)19-5-8(3)6-20-12(18)13-9(4-14)10(15)16/h7-9,14H,4-6H2,1-3H3,(H,13,18)(H,15,16)/t8?,9-/m1/s1. The number of rotatable bonds is 8. The molecule has 8 heteroatoms. The number of aliphatic hydroxyl groups is 1. The van der Waals surface area contributed by atoms with Gasteiger partial charge in [-0.05, 0) is 0 Å². The van der Waals surface area contributed by atoms with Crippen molar-refractivity contribution in [3.8, 4) is 0 Å². The minimum absolute atomic E-state index is 0.0328. The van der Waals surface area contributed by atoms with Crippen molar-refractivity contribution in [3.63, 3.8) is 0 Å². The summed E-state index contributed by atoms with van der Waals surface area (Å²) in [5.74, 6) is -2.15. The van der Waals surface area contributed by atoms with E-state index in [2.05, 4.69) is 0 Å². The summed E-state index contributed by atoms with van der Waals surface area (Å²) in [6, 6.07) is -1.41. The summed E-state index contributed by atoms with van der Waals surface area (Å²) in [6.07, 6.45) is -0.950. The maximum absolute atomic E-state index is 11.3. The Morgan fingerprint density at radius 3 is 2.10 bits per heavy atom. The molecule has 0 aliphatic carbocycles. The molecule has 0 aromatic carbocycles. The molecule has 0 aliphatic heterocycles. The lowest BCUT2D eigenvalue weighted by molar-refractivity contribution is -0.149. The van der Waals surface area contributed by atoms with Crippen LogP contribution >= 0.6 is 0 Å². The molecule has 0 saturated heterocycles. The second-order valence-electron chi connectivity index (χ2n) is 4.71. The number of ether oxygens (including phenoxy) is 2. The molecule has 0 aromatic heterocycles. The van der Waals surface area contributed by atoms with E-state index >= 15 is 0 Å². The first-order valence-electron chi connectivity index (χ1n) is 6.21. The summed E-state index contributed by atoms with van der Waals surface area (Å²) in [7, 11) is 0. The molecule has 116 valence electrons. The van der Waals surface area contributed by atoms with Crippen LogP contribution in [0.4, 0.5) is 4.79 Å². The predicted molar refractivity (Wildman–Crippen MR) is 68.0 cm³/mol. The van der Waals surface area contributed by atoms with Gasteiger partial charge < -0.3 is 25.0 Å². The number of alkyl carbamates (subject to hydrolysis) is 1. The van der Waals surface area contributed by atoms with E-state index < -0.39 is 24.7 Å². The van der Waals surface area contributed by atoms with Crippen LogP contribution in [0.25, 0.3) is 0 Å². The van der Waals surface area contributed by atoms with Crippen molar-refractivity contribution >= 4 is 18.0 Å². The Labute approximate surface area is 117 Å². The van der Waals surface area contributed by atoms with Crippen LogP contribution in [0.3, 0.4) is 0 Å². The first-order valence-corrected chi connectivity index (χ1v) is 6.21. The van der Waals surface area contributed by atoms with Gasteiger partial charge in [-0.2, -0.15) is 0 Å². The largest absolute Gasteiger partial charge is 0.480 e. The maximum atomic E-state index is 11.3. The molecule has 8 nitrogen and oxygen atoms in total. The summed E-state index contributed by atoms with van der Waals surface area (Å²) >= 11 is 0. The first-order chi connectivity index (χ1) is 9.27. The zero-order valence-corrected chi connectivity index (χ0v) is 11.8. The molecule has 1 unspecified atom stereocenters. The lowest BCUT2D eigenvalue weighted by Gasteiger charge is -2.15. The van der Waals surface area contributed by atoms with E-state index in [0.29, 0.717) is 0 Å². The van der Waals surface area contributed by atoms with Gasteiger partial charge in [-0.15, -0.1) is 0 Å². The highest BCUT2D eigenvalue weighted by Gasteiger charge is 2.20. The number of aliphatic hydroxyl groups excluding tert-OH is 1. The third-order valence-corrected chi connectivity index (χ3v) is 2.25. The Kier molecular flexibility index (Phi) is 8.30. The van der Waals surface area contributed by atoms with Crippen molar-refractivity contribution in [2.45, 2.75) is 26.8 Å². The van der Waals surface area contributed by atoms with Crippen molar-refractivity contribution in [1.29, 1.82) is 0 Å². The van der Waals surface area contributed by atoms with Gasteiger partial charge in [0.15, 0.2) is 6.04 Å². The molecule has 1 amide bonds. The van der Waals surface area contributed by atoms with Crippen LogP contribution in [0.2, 0.25) is 0 Å². The van der Waals surface area contributed by atoms with E-state index in [9.17, 15) is 14.4 Å². The smallest absolute Gasteiger partial charge is 0.407 e. The van der Waals surface area contributed by atoms with E-state index in [0.717, 1.165) is 0 Å². The fourth-order valence-electron chi connectivity index (χ4n) is 1.03. The highest BCUT2D eigenvalue weighted by Crippen LogP contribution is 2.02. The Morgan fingerprint density at radius 2 is 1.65 bits per heavy atom. The first kappa shape index (κ1) is 18.2. The van der Waals surface area contributed by atoms with Crippen molar-refractivity contribution in [2.24, 2.45) is 11.8 Å². The lowest BCUT2D eigenvalue weighted by atomic mass is 10.2. The van der Waals surface area contributed by atoms with Gasteiger partial charge in [0.1, 0.15) is 0 Å². The van der Waals surface area contributed by atoms with Crippen molar-refractivity contribution in [2.75, 3.05) is 19.8 Å².